The number of nitrogens with one attached hydrogen (secondary N) is 2. The zero-order valence-electron chi connectivity index (χ0n) is 20.6. The summed E-state index contributed by atoms with van der Waals surface area (Å²) in [5.74, 6) is 2.56. The number of aryl methyl sites for hydroxylation is 2. The summed E-state index contributed by atoms with van der Waals surface area (Å²) in [7, 11) is 0. The molecular weight excluding hydrogens is 436 g/mol. The minimum Gasteiger partial charge on any atom is -0.490 e. The van der Waals surface area contributed by atoms with E-state index in [0.29, 0.717) is 5.84 Å². The number of nitrogen functional groups attached to an aromatic ring is 1. The van der Waals surface area contributed by atoms with Crippen molar-refractivity contribution < 1.29 is 4.74 Å². The lowest BCUT2D eigenvalue weighted by Crippen LogP contribution is -2.40. The number of hydrogen-bond acceptors (Lipinski definition) is 4. The average Bonchev–Trinajstić information content (AvgIpc) is 3.24. The second-order valence-corrected chi connectivity index (χ2v) is 9.25. The normalized spacial score (nSPS) is 14.5. The van der Waals surface area contributed by atoms with Crippen molar-refractivity contribution in [1.29, 1.82) is 10.8 Å². The van der Waals surface area contributed by atoms with Gasteiger partial charge in [-0.3, -0.25) is 15.4 Å². The lowest BCUT2D eigenvalue weighted by atomic mass is 10.0. The van der Waals surface area contributed by atoms with E-state index in [1.807, 2.05) is 37.3 Å². The number of piperidine rings is 1. The van der Waals surface area contributed by atoms with E-state index in [4.69, 9.17) is 26.3 Å². The molecule has 0 amide bonds. The van der Waals surface area contributed by atoms with E-state index in [-0.39, 0.29) is 11.9 Å². The molecule has 3 aromatic carbocycles. The largest absolute Gasteiger partial charge is 0.490 e. The maximum atomic E-state index is 7.99. The van der Waals surface area contributed by atoms with Gasteiger partial charge in [0.1, 0.15) is 23.5 Å². The smallest absolute Gasteiger partial charge is 0.124 e. The zero-order valence-corrected chi connectivity index (χ0v) is 20.6. The standard InChI is InChI=1S/C28H32N6O/c1-4-26-32-27-17(2)25(35-19-13-15-33(16-14-19)18(3)29)12-11-24(27)34(26)23-10-9-22(28(30)31)20-7-5-6-8-21(20)23/h5-12,19,29H,4,13-16H2,1-3H3,(H3,30,31). The van der Waals surface area contributed by atoms with Crippen LogP contribution in [0.3, 0.4) is 0 Å². The Labute approximate surface area is 205 Å². The fourth-order valence-corrected chi connectivity index (χ4v) is 5.14. The summed E-state index contributed by atoms with van der Waals surface area (Å²) in [6.07, 6.45) is 2.76. The van der Waals surface area contributed by atoms with Gasteiger partial charge in [0, 0.05) is 48.9 Å². The van der Waals surface area contributed by atoms with Crippen LogP contribution in [0.15, 0.2) is 48.5 Å². The third-order valence-corrected chi connectivity index (χ3v) is 7.06. The molecular formula is C28H32N6O. The molecule has 0 spiro atoms. The summed E-state index contributed by atoms with van der Waals surface area (Å²) < 4.78 is 8.67. The lowest BCUT2D eigenvalue weighted by molar-refractivity contribution is 0.130. The van der Waals surface area contributed by atoms with Gasteiger partial charge in [0.25, 0.3) is 0 Å². The van der Waals surface area contributed by atoms with E-state index >= 15 is 0 Å². The van der Waals surface area contributed by atoms with Crippen LogP contribution in [0.4, 0.5) is 0 Å². The number of hydrogen-bond donors (Lipinski definition) is 3. The molecule has 0 atom stereocenters. The first kappa shape index (κ1) is 22.9. The van der Waals surface area contributed by atoms with Crippen LogP contribution in [-0.4, -0.2) is 45.3 Å². The van der Waals surface area contributed by atoms with Gasteiger partial charge in [-0.25, -0.2) is 4.98 Å². The highest BCUT2D eigenvalue weighted by Gasteiger charge is 2.23. The molecule has 0 bridgehead atoms. The third kappa shape index (κ3) is 4.01. The van der Waals surface area contributed by atoms with Crippen LogP contribution in [0.2, 0.25) is 0 Å². The molecule has 0 radical (unpaired) electrons. The highest BCUT2D eigenvalue weighted by atomic mass is 16.5. The lowest BCUT2D eigenvalue weighted by Gasteiger charge is -2.33. The number of likely N-dealkylation sites (tertiary alicyclic amines) is 1. The average molecular weight is 469 g/mol. The van der Waals surface area contributed by atoms with Gasteiger partial charge in [-0.2, -0.15) is 0 Å². The molecule has 5 rings (SSSR count). The second-order valence-electron chi connectivity index (χ2n) is 9.25. The van der Waals surface area contributed by atoms with Gasteiger partial charge in [-0.15, -0.1) is 0 Å². The van der Waals surface area contributed by atoms with Gasteiger partial charge < -0.3 is 15.4 Å². The maximum Gasteiger partial charge on any atom is 0.124 e. The first-order valence-electron chi connectivity index (χ1n) is 12.2. The number of nitrogens with zero attached hydrogens (tertiary/aromatic N) is 3. The molecule has 7 heteroatoms. The number of fused-ring (bicyclic) bond motifs is 2. The Morgan fingerprint density at radius 1 is 1.06 bits per heavy atom. The van der Waals surface area contributed by atoms with E-state index < -0.39 is 0 Å². The summed E-state index contributed by atoms with van der Waals surface area (Å²) in [6, 6.07) is 16.2. The Morgan fingerprint density at radius 3 is 2.43 bits per heavy atom. The van der Waals surface area contributed by atoms with E-state index in [2.05, 4.69) is 41.5 Å². The number of imidazole rings is 1. The number of nitrogens with two attached hydrogens (primary N) is 1. The van der Waals surface area contributed by atoms with Crippen molar-refractivity contribution in [2.75, 3.05) is 13.1 Å². The Morgan fingerprint density at radius 2 is 1.77 bits per heavy atom. The Bertz CT molecular complexity index is 1450. The SMILES string of the molecule is CCc1nc2c(C)c(OC3CCN(C(C)=N)CC3)ccc2n1-c1ccc(C(=N)N)c2ccccc12. The highest BCUT2D eigenvalue weighted by molar-refractivity contribution is 6.10. The topological polar surface area (TPSA) is 104 Å². The fourth-order valence-electron chi connectivity index (χ4n) is 5.14. The minimum absolute atomic E-state index is 0.0678. The van der Waals surface area contributed by atoms with Crippen molar-refractivity contribution in [3.05, 3.63) is 65.5 Å². The van der Waals surface area contributed by atoms with E-state index in [1.165, 1.54) is 0 Å². The maximum absolute atomic E-state index is 7.99. The summed E-state index contributed by atoms with van der Waals surface area (Å²) >= 11 is 0. The van der Waals surface area contributed by atoms with E-state index in [0.717, 1.165) is 82.5 Å². The zero-order chi connectivity index (χ0) is 24.7. The number of ether oxygens (including phenoxy) is 1. The Hall–Kier alpha value is -3.87. The molecule has 2 heterocycles. The van der Waals surface area contributed by atoms with Crippen molar-refractivity contribution in [3.63, 3.8) is 0 Å². The molecule has 1 saturated heterocycles. The van der Waals surface area contributed by atoms with Crippen LogP contribution in [0.5, 0.6) is 5.75 Å². The molecule has 7 nitrogen and oxygen atoms in total. The fraction of sp³-hybridized carbons (Fsp3) is 0.321. The minimum atomic E-state index is 0.0678. The Kier molecular flexibility index (Phi) is 5.93. The van der Waals surface area contributed by atoms with Gasteiger partial charge in [-0.05, 0) is 43.5 Å². The number of benzene rings is 3. The van der Waals surface area contributed by atoms with Crippen molar-refractivity contribution in [2.24, 2.45) is 5.73 Å². The van der Waals surface area contributed by atoms with Crippen molar-refractivity contribution in [1.82, 2.24) is 14.5 Å². The monoisotopic (exact) mass is 468 g/mol. The predicted octanol–water partition coefficient (Wildman–Crippen LogP) is 5.17. The van der Waals surface area contributed by atoms with Crippen LogP contribution in [0, 0.1) is 17.7 Å². The first-order valence-corrected chi connectivity index (χ1v) is 12.2. The van der Waals surface area contributed by atoms with Crippen LogP contribution >= 0.6 is 0 Å². The number of aromatic nitrogens is 2. The molecule has 4 aromatic rings. The predicted molar refractivity (Wildman–Crippen MR) is 142 cm³/mol. The summed E-state index contributed by atoms with van der Waals surface area (Å²) in [4.78, 5) is 7.14. The van der Waals surface area contributed by atoms with E-state index in [1.54, 1.807) is 0 Å². The molecule has 0 unspecified atom stereocenters. The molecule has 0 aliphatic carbocycles. The van der Waals surface area contributed by atoms with Crippen LogP contribution in [0.1, 0.15) is 43.6 Å². The summed E-state index contributed by atoms with van der Waals surface area (Å²) in [6.45, 7) is 7.77. The van der Waals surface area contributed by atoms with Crippen LogP contribution < -0.4 is 10.5 Å². The van der Waals surface area contributed by atoms with Crippen LogP contribution in [-0.2, 0) is 6.42 Å². The van der Waals surface area contributed by atoms with Crippen LogP contribution in [0.25, 0.3) is 27.5 Å². The second kappa shape index (κ2) is 9.06. The number of rotatable bonds is 5. The van der Waals surface area contributed by atoms with Gasteiger partial charge in [0.2, 0.25) is 0 Å². The summed E-state index contributed by atoms with van der Waals surface area (Å²) in [5.41, 5.74) is 10.7. The quantitative estimate of drug-likeness (QED) is 0.277. The van der Waals surface area contributed by atoms with Crippen molar-refractivity contribution in [3.8, 4) is 11.4 Å². The van der Waals surface area contributed by atoms with Crippen molar-refractivity contribution in [2.45, 2.75) is 46.1 Å². The van der Waals surface area contributed by atoms with E-state index in [9.17, 15) is 0 Å². The molecule has 35 heavy (non-hydrogen) atoms. The van der Waals surface area contributed by atoms with Crippen molar-refractivity contribution >= 4 is 33.5 Å². The highest BCUT2D eigenvalue weighted by Crippen LogP contribution is 2.34. The van der Waals surface area contributed by atoms with Gasteiger partial charge in [-0.1, -0.05) is 31.2 Å². The van der Waals surface area contributed by atoms with Gasteiger partial charge in [0.05, 0.1) is 22.6 Å². The molecule has 1 fully saturated rings. The number of amidine groups is 2. The molecule has 1 aliphatic rings. The van der Waals surface area contributed by atoms with Gasteiger partial charge >= 0.3 is 0 Å². The third-order valence-electron chi connectivity index (χ3n) is 7.06. The molecule has 180 valence electrons. The first-order chi connectivity index (χ1) is 16.9. The van der Waals surface area contributed by atoms with Gasteiger partial charge in [0.15, 0.2) is 0 Å². The molecule has 0 saturated carbocycles. The molecule has 1 aromatic heterocycles. The molecule has 1 aliphatic heterocycles. The summed E-state index contributed by atoms with van der Waals surface area (Å²) in [5, 5.41) is 17.9. The Balaban J connectivity index is 1.57. The molecule has 4 N–H and O–H groups in total.